The van der Waals surface area contributed by atoms with Gasteiger partial charge >= 0.3 is 5.97 Å². The summed E-state index contributed by atoms with van der Waals surface area (Å²) in [5.41, 5.74) is -0.520. The van der Waals surface area contributed by atoms with Crippen LogP contribution in [0.1, 0.15) is 88.0 Å². The highest BCUT2D eigenvalue weighted by Crippen LogP contribution is 2.34. The molecule has 0 amide bonds. The van der Waals surface area contributed by atoms with E-state index in [1.165, 1.54) is 0 Å². The van der Waals surface area contributed by atoms with Crippen molar-refractivity contribution in [1.29, 1.82) is 0 Å². The molecule has 0 aliphatic rings. The van der Waals surface area contributed by atoms with Gasteiger partial charge in [-0.3, -0.25) is 4.79 Å². The predicted octanol–water partition coefficient (Wildman–Crippen LogP) is 5.61. The Morgan fingerprint density at radius 2 is 1.61 bits per heavy atom. The molecule has 0 aliphatic carbocycles. The first-order valence-electron chi connectivity index (χ1n) is 9.29. The minimum absolute atomic E-state index is 0.0564. The van der Waals surface area contributed by atoms with Gasteiger partial charge in [0.1, 0.15) is 5.60 Å². The highest BCUT2D eigenvalue weighted by atomic mass is 16.6. The SMILES string of the molecule is CCC(C)OCCC(C)(CC)OC(=O)C(CC(C)C)C(C)(C)C. The van der Waals surface area contributed by atoms with Crippen molar-refractivity contribution in [3.05, 3.63) is 0 Å². The molecule has 0 aromatic carbocycles. The van der Waals surface area contributed by atoms with E-state index in [0.29, 0.717) is 12.5 Å². The van der Waals surface area contributed by atoms with E-state index in [4.69, 9.17) is 9.47 Å². The van der Waals surface area contributed by atoms with Crippen LogP contribution in [-0.4, -0.2) is 24.3 Å². The summed E-state index contributed by atoms with van der Waals surface area (Å²) in [6, 6.07) is 0. The summed E-state index contributed by atoms with van der Waals surface area (Å²) in [5, 5.41) is 0. The summed E-state index contributed by atoms with van der Waals surface area (Å²) in [5.74, 6) is 0.358. The van der Waals surface area contributed by atoms with Crippen LogP contribution in [0.25, 0.3) is 0 Å². The summed E-state index contributed by atoms with van der Waals surface area (Å²) in [6.07, 6.45) is 3.68. The number of hydrogen-bond acceptors (Lipinski definition) is 3. The summed E-state index contributed by atoms with van der Waals surface area (Å²) < 4.78 is 11.7. The normalized spacial score (nSPS) is 17.7. The second-order valence-corrected chi connectivity index (χ2v) is 8.61. The maximum atomic E-state index is 12.8. The molecule has 0 radical (unpaired) electrons. The van der Waals surface area contributed by atoms with Crippen molar-refractivity contribution in [2.24, 2.45) is 17.3 Å². The van der Waals surface area contributed by atoms with Crippen LogP contribution in [0.5, 0.6) is 0 Å². The molecule has 138 valence electrons. The molecule has 0 aromatic heterocycles. The van der Waals surface area contributed by atoms with Crippen LogP contribution < -0.4 is 0 Å². The lowest BCUT2D eigenvalue weighted by Gasteiger charge is -2.35. The Kier molecular flexibility index (Phi) is 9.42. The number of carbonyl (C=O) groups excluding carboxylic acids is 1. The molecule has 3 nitrogen and oxygen atoms in total. The number of carbonyl (C=O) groups is 1. The van der Waals surface area contributed by atoms with Crippen molar-refractivity contribution in [2.45, 2.75) is 99.7 Å². The van der Waals surface area contributed by atoms with Crippen LogP contribution in [0.15, 0.2) is 0 Å². The zero-order chi connectivity index (χ0) is 18.3. The van der Waals surface area contributed by atoms with Gasteiger partial charge < -0.3 is 9.47 Å². The smallest absolute Gasteiger partial charge is 0.310 e. The van der Waals surface area contributed by atoms with Crippen LogP contribution in [0.2, 0.25) is 0 Å². The average Bonchev–Trinajstić information content (AvgIpc) is 2.42. The first-order chi connectivity index (χ1) is 10.4. The van der Waals surface area contributed by atoms with E-state index in [-0.39, 0.29) is 23.4 Å². The van der Waals surface area contributed by atoms with Crippen LogP contribution in [0.4, 0.5) is 0 Å². The molecule has 0 heterocycles. The third-order valence-electron chi connectivity index (χ3n) is 4.74. The minimum Gasteiger partial charge on any atom is -0.459 e. The van der Waals surface area contributed by atoms with Gasteiger partial charge in [-0.15, -0.1) is 0 Å². The van der Waals surface area contributed by atoms with E-state index < -0.39 is 5.60 Å². The Balaban J connectivity index is 4.82. The van der Waals surface area contributed by atoms with Crippen LogP contribution >= 0.6 is 0 Å². The monoisotopic (exact) mass is 328 g/mol. The molecule has 3 heteroatoms. The third kappa shape index (κ3) is 8.74. The lowest BCUT2D eigenvalue weighted by Crippen LogP contribution is -2.39. The molecule has 0 saturated carbocycles. The van der Waals surface area contributed by atoms with Gasteiger partial charge in [0.05, 0.1) is 18.6 Å². The van der Waals surface area contributed by atoms with E-state index >= 15 is 0 Å². The summed E-state index contributed by atoms with van der Waals surface area (Å²) in [4.78, 5) is 12.8. The van der Waals surface area contributed by atoms with Crippen molar-refractivity contribution >= 4 is 5.97 Å². The topological polar surface area (TPSA) is 35.5 Å². The molecule has 0 spiro atoms. The van der Waals surface area contributed by atoms with Crippen LogP contribution in [-0.2, 0) is 14.3 Å². The fraction of sp³-hybridized carbons (Fsp3) is 0.950. The largest absolute Gasteiger partial charge is 0.459 e. The zero-order valence-corrected chi connectivity index (χ0v) is 17.0. The maximum absolute atomic E-state index is 12.8. The molecule has 0 aliphatic heterocycles. The fourth-order valence-electron chi connectivity index (χ4n) is 2.48. The first kappa shape index (κ1) is 22.4. The quantitative estimate of drug-likeness (QED) is 0.489. The minimum atomic E-state index is -0.439. The molecule has 3 atom stereocenters. The molecule has 0 aromatic rings. The molecular weight excluding hydrogens is 288 g/mol. The zero-order valence-electron chi connectivity index (χ0n) is 17.0. The Morgan fingerprint density at radius 3 is 2.00 bits per heavy atom. The Labute approximate surface area is 144 Å². The average molecular weight is 329 g/mol. The van der Waals surface area contributed by atoms with Gasteiger partial charge in [0.2, 0.25) is 0 Å². The highest BCUT2D eigenvalue weighted by Gasteiger charge is 2.37. The van der Waals surface area contributed by atoms with E-state index in [9.17, 15) is 4.79 Å². The number of esters is 1. The van der Waals surface area contributed by atoms with Gasteiger partial charge in [-0.05, 0) is 44.4 Å². The molecule has 3 unspecified atom stereocenters. The Bertz CT molecular complexity index is 343. The third-order valence-corrected chi connectivity index (χ3v) is 4.74. The van der Waals surface area contributed by atoms with Crippen molar-refractivity contribution in [3.63, 3.8) is 0 Å². The van der Waals surface area contributed by atoms with E-state index in [1.807, 2.05) is 6.92 Å². The summed E-state index contributed by atoms with van der Waals surface area (Å²) >= 11 is 0. The van der Waals surface area contributed by atoms with Crippen molar-refractivity contribution in [2.75, 3.05) is 6.61 Å². The second-order valence-electron chi connectivity index (χ2n) is 8.61. The molecular formula is C20H40O3. The number of rotatable bonds is 10. The van der Waals surface area contributed by atoms with Gasteiger partial charge in [-0.1, -0.05) is 48.5 Å². The van der Waals surface area contributed by atoms with Gasteiger partial charge in [-0.2, -0.15) is 0 Å². The van der Waals surface area contributed by atoms with Crippen molar-refractivity contribution in [3.8, 4) is 0 Å². The van der Waals surface area contributed by atoms with Crippen LogP contribution in [0, 0.1) is 17.3 Å². The Morgan fingerprint density at radius 1 is 1.04 bits per heavy atom. The van der Waals surface area contributed by atoms with Gasteiger partial charge in [-0.25, -0.2) is 0 Å². The van der Waals surface area contributed by atoms with Gasteiger partial charge in [0, 0.05) is 6.42 Å². The molecule has 0 N–H and O–H groups in total. The second kappa shape index (κ2) is 9.66. The number of ether oxygens (including phenoxy) is 2. The summed E-state index contributed by atoms with van der Waals surface area (Å²) in [6.45, 7) is 19.6. The standard InChI is InChI=1S/C20H40O3/c1-10-16(5)22-13-12-20(9,11-2)23-18(21)17(14-15(3)4)19(6,7)8/h15-17H,10-14H2,1-9H3. The fourth-order valence-corrected chi connectivity index (χ4v) is 2.48. The lowest BCUT2D eigenvalue weighted by molar-refractivity contribution is -0.170. The van der Waals surface area contributed by atoms with Gasteiger partial charge in [0.25, 0.3) is 0 Å². The maximum Gasteiger partial charge on any atom is 0.310 e. The molecule has 0 rings (SSSR count). The van der Waals surface area contributed by atoms with E-state index in [0.717, 1.165) is 25.7 Å². The van der Waals surface area contributed by atoms with Crippen molar-refractivity contribution < 1.29 is 14.3 Å². The van der Waals surface area contributed by atoms with E-state index in [1.54, 1.807) is 0 Å². The molecule has 0 fully saturated rings. The highest BCUT2D eigenvalue weighted by molar-refractivity contribution is 5.73. The predicted molar refractivity (Wildman–Crippen MR) is 97.5 cm³/mol. The molecule has 0 saturated heterocycles. The number of hydrogen-bond donors (Lipinski definition) is 0. The van der Waals surface area contributed by atoms with Crippen LogP contribution in [0.3, 0.4) is 0 Å². The summed E-state index contributed by atoms with van der Waals surface area (Å²) in [7, 11) is 0. The first-order valence-corrected chi connectivity index (χ1v) is 9.29. The molecule has 23 heavy (non-hydrogen) atoms. The molecule has 0 bridgehead atoms. The van der Waals surface area contributed by atoms with E-state index in [2.05, 4.69) is 55.4 Å². The van der Waals surface area contributed by atoms with Crippen molar-refractivity contribution in [1.82, 2.24) is 0 Å². The Hall–Kier alpha value is -0.570. The lowest BCUT2D eigenvalue weighted by atomic mass is 9.76. The van der Waals surface area contributed by atoms with Gasteiger partial charge in [0.15, 0.2) is 0 Å².